The van der Waals surface area contributed by atoms with E-state index in [4.69, 9.17) is 22.5 Å². The second-order valence-corrected chi connectivity index (χ2v) is 4.29. The van der Waals surface area contributed by atoms with Gasteiger partial charge < -0.3 is 15.8 Å². The Morgan fingerprint density at radius 2 is 2.12 bits per heavy atom. The zero-order chi connectivity index (χ0) is 12.3. The van der Waals surface area contributed by atoms with E-state index in [0.717, 1.165) is 5.69 Å². The highest BCUT2D eigenvalue weighted by Crippen LogP contribution is 2.24. The minimum atomic E-state index is 0.0602. The molecule has 5 heteroatoms. The van der Waals surface area contributed by atoms with Gasteiger partial charge in [-0.1, -0.05) is 16.8 Å². The van der Waals surface area contributed by atoms with Crippen molar-refractivity contribution in [3.8, 4) is 0 Å². The molecule has 0 amide bonds. The van der Waals surface area contributed by atoms with Gasteiger partial charge in [-0.2, -0.15) is 0 Å². The molecule has 88 valence electrons. The lowest BCUT2D eigenvalue weighted by Gasteiger charge is -2.26. The van der Waals surface area contributed by atoms with E-state index in [1.165, 1.54) is 0 Å². The molecule has 0 aliphatic heterocycles. The van der Waals surface area contributed by atoms with Gasteiger partial charge in [0.1, 0.15) is 0 Å². The first-order valence-corrected chi connectivity index (χ1v) is 5.35. The van der Waals surface area contributed by atoms with Crippen molar-refractivity contribution >= 4 is 23.1 Å². The van der Waals surface area contributed by atoms with E-state index in [-0.39, 0.29) is 5.84 Å². The van der Waals surface area contributed by atoms with Crippen LogP contribution in [-0.4, -0.2) is 24.1 Å². The first kappa shape index (κ1) is 12.6. The number of oxime groups is 1. The molecule has 4 nitrogen and oxygen atoms in total. The Morgan fingerprint density at radius 1 is 1.50 bits per heavy atom. The number of rotatable bonds is 3. The van der Waals surface area contributed by atoms with Crippen LogP contribution in [0.1, 0.15) is 19.4 Å². The summed E-state index contributed by atoms with van der Waals surface area (Å²) in [5.41, 5.74) is 7.13. The summed E-state index contributed by atoms with van der Waals surface area (Å²) in [7, 11) is 1.95. The number of anilines is 1. The van der Waals surface area contributed by atoms with Crippen LogP contribution in [0.5, 0.6) is 0 Å². The second-order valence-electron chi connectivity index (χ2n) is 3.85. The lowest BCUT2D eigenvalue weighted by molar-refractivity contribution is 0.318. The van der Waals surface area contributed by atoms with Gasteiger partial charge in [-0.25, -0.2) is 0 Å². The van der Waals surface area contributed by atoms with E-state index < -0.39 is 0 Å². The highest BCUT2D eigenvalue weighted by atomic mass is 35.5. The average Bonchev–Trinajstić information content (AvgIpc) is 2.26. The summed E-state index contributed by atoms with van der Waals surface area (Å²) in [6.45, 7) is 4.12. The molecule has 0 bridgehead atoms. The van der Waals surface area contributed by atoms with E-state index in [1.54, 1.807) is 12.1 Å². The van der Waals surface area contributed by atoms with Gasteiger partial charge in [-0.3, -0.25) is 0 Å². The Hall–Kier alpha value is -1.42. The predicted octanol–water partition coefficient (Wildman–Crippen LogP) is 2.28. The number of nitrogens with zero attached hydrogens (tertiary/aromatic N) is 2. The van der Waals surface area contributed by atoms with Gasteiger partial charge in [-0.15, -0.1) is 0 Å². The molecule has 3 N–H and O–H groups in total. The van der Waals surface area contributed by atoms with Crippen LogP contribution in [0.2, 0.25) is 5.02 Å². The van der Waals surface area contributed by atoms with E-state index in [2.05, 4.69) is 19.0 Å². The molecule has 1 aromatic carbocycles. The minimum Gasteiger partial charge on any atom is -0.409 e. The average molecular weight is 242 g/mol. The van der Waals surface area contributed by atoms with E-state index >= 15 is 0 Å². The normalized spacial score (nSPS) is 11.9. The molecule has 1 aromatic rings. The lowest BCUT2D eigenvalue weighted by atomic mass is 10.1. The SMILES string of the molecule is CC(C)N(C)c1ccc(Cl)cc1C(N)=NO. The number of hydrogen-bond donors (Lipinski definition) is 2. The number of hydrogen-bond acceptors (Lipinski definition) is 3. The van der Waals surface area contributed by atoms with Crippen molar-refractivity contribution in [2.45, 2.75) is 19.9 Å². The van der Waals surface area contributed by atoms with Gasteiger partial charge in [0.05, 0.1) is 0 Å². The van der Waals surface area contributed by atoms with Crippen LogP contribution in [0.4, 0.5) is 5.69 Å². The molecule has 0 aliphatic carbocycles. The molecular formula is C11H16ClN3O. The van der Waals surface area contributed by atoms with Crippen LogP contribution >= 0.6 is 11.6 Å². The molecule has 0 fully saturated rings. The van der Waals surface area contributed by atoms with Gasteiger partial charge in [0.15, 0.2) is 5.84 Å². The molecule has 0 atom stereocenters. The molecular weight excluding hydrogens is 226 g/mol. The van der Waals surface area contributed by atoms with Gasteiger partial charge in [-0.05, 0) is 32.0 Å². The molecule has 0 heterocycles. The van der Waals surface area contributed by atoms with Crippen LogP contribution in [0.3, 0.4) is 0 Å². The van der Waals surface area contributed by atoms with Crippen molar-refractivity contribution in [2.24, 2.45) is 10.9 Å². The maximum absolute atomic E-state index is 8.73. The second kappa shape index (κ2) is 5.07. The van der Waals surface area contributed by atoms with Crippen molar-refractivity contribution in [3.05, 3.63) is 28.8 Å². The molecule has 0 aromatic heterocycles. The summed E-state index contributed by atoms with van der Waals surface area (Å²) >= 11 is 5.89. The zero-order valence-electron chi connectivity index (χ0n) is 9.61. The number of benzene rings is 1. The largest absolute Gasteiger partial charge is 0.409 e. The van der Waals surface area contributed by atoms with Crippen LogP contribution in [-0.2, 0) is 0 Å². The zero-order valence-corrected chi connectivity index (χ0v) is 10.4. The fraction of sp³-hybridized carbons (Fsp3) is 0.364. The predicted molar refractivity (Wildman–Crippen MR) is 67.5 cm³/mol. The monoisotopic (exact) mass is 241 g/mol. The highest BCUT2D eigenvalue weighted by molar-refractivity contribution is 6.31. The standard InChI is InChI=1S/C11H16ClN3O/c1-7(2)15(3)10-5-4-8(12)6-9(10)11(13)14-16/h4-7,16H,1-3H3,(H2,13,14). The Kier molecular flexibility index (Phi) is 4.01. The summed E-state index contributed by atoms with van der Waals surface area (Å²) in [6, 6.07) is 5.64. The third kappa shape index (κ3) is 2.58. The topological polar surface area (TPSA) is 61.8 Å². The molecule has 0 spiro atoms. The van der Waals surface area contributed by atoms with Crippen LogP contribution in [0.15, 0.2) is 23.4 Å². The third-order valence-electron chi connectivity index (χ3n) is 2.50. The molecule has 0 saturated carbocycles. The Morgan fingerprint density at radius 3 is 2.62 bits per heavy atom. The quantitative estimate of drug-likeness (QED) is 0.369. The van der Waals surface area contributed by atoms with Gasteiger partial charge in [0.25, 0.3) is 0 Å². The first-order valence-electron chi connectivity index (χ1n) is 4.97. The number of halogens is 1. The number of amidine groups is 1. The minimum absolute atomic E-state index is 0.0602. The van der Waals surface area contributed by atoms with Crippen molar-refractivity contribution < 1.29 is 5.21 Å². The highest BCUT2D eigenvalue weighted by Gasteiger charge is 2.13. The molecule has 16 heavy (non-hydrogen) atoms. The molecule has 0 aliphatic rings. The van der Waals surface area contributed by atoms with Gasteiger partial charge in [0, 0.05) is 29.4 Å². The van der Waals surface area contributed by atoms with E-state index in [0.29, 0.717) is 16.6 Å². The molecule has 0 saturated heterocycles. The lowest BCUT2D eigenvalue weighted by Crippen LogP contribution is -2.28. The Balaban J connectivity index is 3.28. The van der Waals surface area contributed by atoms with Crippen LogP contribution in [0, 0.1) is 0 Å². The van der Waals surface area contributed by atoms with E-state index in [1.807, 2.05) is 18.0 Å². The first-order chi connectivity index (χ1) is 7.47. The Bertz CT molecular complexity index is 404. The van der Waals surface area contributed by atoms with Crippen molar-refractivity contribution in [1.29, 1.82) is 0 Å². The third-order valence-corrected chi connectivity index (χ3v) is 2.73. The summed E-state index contributed by atoms with van der Waals surface area (Å²) < 4.78 is 0. The summed E-state index contributed by atoms with van der Waals surface area (Å²) in [5.74, 6) is 0.0602. The molecule has 1 rings (SSSR count). The maximum atomic E-state index is 8.73. The van der Waals surface area contributed by atoms with E-state index in [9.17, 15) is 0 Å². The summed E-state index contributed by atoms with van der Waals surface area (Å²) in [4.78, 5) is 2.03. The maximum Gasteiger partial charge on any atom is 0.172 e. The summed E-state index contributed by atoms with van der Waals surface area (Å²) in [6.07, 6.45) is 0. The Labute approximate surface area is 100 Å². The fourth-order valence-corrected chi connectivity index (χ4v) is 1.53. The van der Waals surface area contributed by atoms with Gasteiger partial charge >= 0.3 is 0 Å². The van der Waals surface area contributed by atoms with Crippen LogP contribution in [0.25, 0.3) is 0 Å². The summed E-state index contributed by atoms with van der Waals surface area (Å²) in [5, 5.41) is 12.3. The van der Waals surface area contributed by atoms with Crippen molar-refractivity contribution in [1.82, 2.24) is 0 Å². The van der Waals surface area contributed by atoms with Crippen molar-refractivity contribution in [3.63, 3.8) is 0 Å². The fourth-order valence-electron chi connectivity index (χ4n) is 1.35. The molecule has 0 unspecified atom stereocenters. The van der Waals surface area contributed by atoms with Gasteiger partial charge in [0.2, 0.25) is 0 Å². The number of nitrogens with two attached hydrogens (primary N) is 1. The molecule has 0 radical (unpaired) electrons. The van der Waals surface area contributed by atoms with Crippen LogP contribution < -0.4 is 10.6 Å². The smallest absolute Gasteiger partial charge is 0.172 e. The van der Waals surface area contributed by atoms with Crippen molar-refractivity contribution in [2.75, 3.05) is 11.9 Å².